The Kier molecular flexibility index (Phi) is 5.01. The number of carbonyl (C=O) groups excluding carboxylic acids is 1. The number of nitrogens with zero attached hydrogens (tertiary/aromatic N) is 2. The molecule has 0 aromatic heterocycles. The number of hydrogen-bond donors (Lipinski definition) is 1. The minimum absolute atomic E-state index is 0.156. The van der Waals surface area contributed by atoms with Gasteiger partial charge in [0.25, 0.3) is 5.91 Å². The summed E-state index contributed by atoms with van der Waals surface area (Å²) in [6.07, 6.45) is 9.50. The molecular formula is C23H31N3O3S. The molecule has 30 heavy (non-hydrogen) atoms. The molecule has 7 heteroatoms. The molecule has 0 unspecified atom stereocenters. The molecule has 162 valence electrons. The van der Waals surface area contributed by atoms with Crippen LogP contribution in [0.3, 0.4) is 0 Å². The van der Waals surface area contributed by atoms with Gasteiger partial charge in [0.15, 0.2) is 0 Å². The molecule has 6 nitrogen and oxygen atoms in total. The van der Waals surface area contributed by atoms with E-state index in [1.807, 2.05) is 0 Å². The zero-order chi connectivity index (χ0) is 20.9. The van der Waals surface area contributed by atoms with Crippen LogP contribution in [-0.2, 0) is 10.0 Å². The zero-order valence-electron chi connectivity index (χ0n) is 17.6. The van der Waals surface area contributed by atoms with Crippen molar-refractivity contribution in [1.29, 1.82) is 0 Å². The topological polar surface area (TPSA) is 78.8 Å². The predicted octanol–water partition coefficient (Wildman–Crippen LogP) is 3.79. The van der Waals surface area contributed by atoms with Crippen LogP contribution >= 0.6 is 0 Å². The summed E-state index contributed by atoms with van der Waals surface area (Å²) in [5, 5.41) is 4.52. The van der Waals surface area contributed by atoms with E-state index in [1.54, 1.807) is 18.2 Å². The van der Waals surface area contributed by atoms with E-state index in [9.17, 15) is 13.2 Å². The number of amides is 1. The Morgan fingerprint density at radius 2 is 1.67 bits per heavy atom. The average Bonchev–Trinajstić information content (AvgIpc) is 3.26. The van der Waals surface area contributed by atoms with E-state index in [-0.39, 0.29) is 16.2 Å². The minimum atomic E-state index is -3.54. The van der Waals surface area contributed by atoms with Gasteiger partial charge < -0.3 is 0 Å². The van der Waals surface area contributed by atoms with Crippen LogP contribution in [0.2, 0.25) is 0 Å². The lowest BCUT2D eigenvalue weighted by Crippen LogP contribution is -2.49. The van der Waals surface area contributed by atoms with Crippen molar-refractivity contribution in [2.75, 3.05) is 13.1 Å². The smallest absolute Gasteiger partial charge is 0.267 e. The van der Waals surface area contributed by atoms with Crippen molar-refractivity contribution in [2.24, 2.45) is 28.3 Å². The SMILES string of the molecule is C/C(=N/NC(=O)c1cccc(S(=O)(=O)N2CCCC2)c1)C12CC3CC(CC(C3)C1)C2. The lowest BCUT2D eigenvalue weighted by Gasteiger charge is -2.56. The Hall–Kier alpha value is -1.73. The number of carbonyl (C=O) groups is 1. The molecule has 1 aromatic carbocycles. The fourth-order valence-corrected chi connectivity index (χ4v) is 8.31. The normalized spacial score (nSPS) is 33.8. The van der Waals surface area contributed by atoms with Gasteiger partial charge >= 0.3 is 0 Å². The van der Waals surface area contributed by atoms with Crippen molar-refractivity contribution < 1.29 is 13.2 Å². The summed E-state index contributed by atoms with van der Waals surface area (Å²) in [6.45, 7) is 3.16. The molecule has 1 heterocycles. The van der Waals surface area contributed by atoms with Crippen LogP contribution in [0.4, 0.5) is 0 Å². The first-order chi connectivity index (χ1) is 14.4. The Morgan fingerprint density at radius 1 is 1.07 bits per heavy atom. The van der Waals surface area contributed by atoms with Crippen LogP contribution in [-0.4, -0.2) is 37.4 Å². The van der Waals surface area contributed by atoms with Gasteiger partial charge in [-0.1, -0.05) is 6.07 Å². The third-order valence-corrected chi connectivity index (χ3v) is 9.82. The second-order valence-electron chi connectivity index (χ2n) is 9.98. The molecule has 4 saturated carbocycles. The van der Waals surface area contributed by atoms with E-state index in [2.05, 4.69) is 17.5 Å². The van der Waals surface area contributed by atoms with Gasteiger partial charge in [0.2, 0.25) is 10.0 Å². The third kappa shape index (κ3) is 3.50. The van der Waals surface area contributed by atoms with Gasteiger partial charge in [-0.25, -0.2) is 13.8 Å². The minimum Gasteiger partial charge on any atom is -0.267 e. The zero-order valence-corrected chi connectivity index (χ0v) is 18.5. The van der Waals surface area contributed by atoms with Crippen molar-refractivity contribution in [3.8, 4) is 0 Å². The van der Waals surface area contributed by atoms with Gasteiger partial charge in [0.05, 0.1) is 4.90 Å². The maximum absolute atomic E-state index is 12.8. The Labute approximate surface area is 179 Å². The lowest BCUT2D eigenvalue weighted by atomic mass is 9.48. The highest BCUT2D eigenvalue weighted by molar-refractivity contribution is 7.89. The van der Waals surface area contributed by atoms with E-state index >= 15 is 0 Å². The van der Waals surface area contributed by atoms with Crippen LogP contribution in [0.15, 0.2) is 34.3 Å². The summed E-state index contributed by atoms with van der Waals surface area (Å²) in [4.78, 5) is 12.9. The molecule has 6 rings (SSSR count). The van der Waals surface area contributed by atoms with E-state index in [1.165, 1.54) is 48.9 Å². The number of hydrogen-bond acceptors (Lipinski definition) is 4. The number of sulfonamides is 1. The molecule has 0 atom stereocenters. The number of benzene rings is 1. The van der Waals surface area contributed by atoms with E-state index in [4.69, 9.17) is 0 Å². The summed E-state index contributed by atoms with van der Waals surface area (Å²) in [7, 11) is -3.54. The summed E-state index contributed by atoms with van der Waals surface area (Å²) in [6, 6.07) is 6.31. The van der Waals surface area contributed by atoms with Crippen LogP contribution in [0.5, 0.6) is 0 Å². The summed E-state index contributed by atoms with van der Waals surface area (Å²) in [5.41, 5.74) is 4.24. The fraction of sp³-hybridized carbons (Fsp3) is 0.652. The predicted molar refractivity (Wildman–Crippen MR) is 116 cm³/mol. The maximum Gasteiger partial charge on any atom is 0.271 e. The van der Waals surface area contributed by atoms with Crippen molar-refractivity contribution >= 4 is 21.6 Å². The molecule has 4 bridgehead atoms. The van der Waals surface area contributed by atoms with E-state index < -0.39 is 10.0 Å². The quantitative estimate of drug-likeness (QED) is 0.571. The van der Waals surface area contributed by atoms with Gasteiger partial charge in [0, 0.05) is 29.8 Å². The van der Waals surface area contributed by atoms with Crippen molar-refractivity contribution in [3.05, 3.63) is 29.8 Å². The number of nitrogens with one attached hydrogen (secondary N) is 1. The highest BCUT2D eigenvalue weighted by Gasteiger charge is 2.52. The molecule has 1 saturated heterocycles. The van der Waals surface area contributed by atoms with E-state index in [0.29, 0.717) is 18.7 Å². The molecule has 4 aliphatic carbocycles. The van der Waals surface area contributed by atoms with Gasteiger partial charge in [-0.2, -0.15) is 9.41 Å². The van der Waals surface area contributed by atoms with Crippen LogP contribution in [0.1, 0.15) is 68.6 Å². The van der Waals surface area contributed by atoms with Crippen molar-refractivity contribution in [1.82, 2.24) is 9.73 Å². The first-order valence-corrected chi connectivity index (χ1v) is 12.8. The van der Waals surface area contributed by atoms with Crippen LogP contribution < -0.4 is 5.43 Å². The lowest BCUT2D eigenvalue weighted by molar-refractivity contribution is -0.0128. The monoisotopic (exact) mass is 429 g/mol. The summed E-state index contributed by atoms with van der Waals surface area (Å²) >= 11 is 0. The van der Waals surface area contributed by atoms with Gasteiger partial charge in [-0.3, -0.25) is 4.79 Å². The first-order valence-electron chi connectivity index (χ1n) is 11.3. The molecule has 0 radical (unpaired) electrons. The molecule has 5 fully saturated rings. The van der Waals surface area contributed by atoms with Crippen molar-refractivity contribution in [3.63, 3.8) is 0 Å². The molecule has 1 aromatic rings. The standard InChI is InChI=1S/C23H31N3O3S/c1-16(23-13-17-9-18(14-23)11-19(10-17)15-23)24-25-22(27)20-5-4-6-21(12-20)30(28,29)26-7-2-3-8-26/h4-6,12,17-19H,2-3,7-11,13-15H2,1H3,(H,25,27)/b24-16-. The molecular weight excluding hydrogens is 398 g/mol. The highest BCUT2D eigenvalue weighted by atomic mass is 32.2. The highest BCUT2D eigenvalue weighted by Crippen LogP contribution is 2.60. The van der Waals surface area contributed by atoms with Gasteiger partial charge in [0.1, 0.15) is 0 Å². The Balaban J connectivity index is 1.31. The van der Waals surface area contributed by atoms with Gasteiger partial charge in [-0.15, -0.1) is 0 Å². The largest absolute Gasteiger partial charge is 0.271 e. The van der Waals surface area contributed by atoms with Crippen LogP contribution in [0.25, 0.3) is 0 Å². The third-order valence-electron chi connectivity index (χ3n) is 7.93. The molecule has 1 aliphatic heterocycles. The first kappa shape index (κ1) is 20.2. The second kappa shape index (κ2) is 7.45. The summed E-state index contributed by atoms with van der Waals surface area (Å²) in [5.74, 6) is 2.12. The molecule has 0 spiro atoms. The second-order valence-corrected chi connectivity index (χ2v) is 11.9. The van der Waals surface area contributed by atoms with Crippen LogP contribution in [0, 0.1) is 23.2 Å². The van der Waals surface area contributed by atoms with Gasteiger partial charge in [-0.05, 0) is 94.2 Å². The van der Waals surface area contributed by atoms with Crippen molar-refractivity contribution in [2.45, 2.75) is 63.2 Å². The number of rotatable bonds is 5. The summed E-state index contributed by atoms with van der Waals surface area (Å²) < 4.78 is 27.1. The molecule has 1 N–H and O–H groups in total. The maximum atomic E-state index is 12.8. The van der Waals surface area contributed by atoms with E-state index in [0.717, 1.165) is 36.3 Å². The average molecular weight is 430 g/mol. The Morgan fingerprint density at radius 3 is 2.27 bits per heavy atom. The fourth-order valence-electron chi connectivity index (χ4n) is 6.75. The Bertz CT molecular complexity index is 944. The number of hydrazone groups is 1. The molecule has 5 aliphatic rings. The molecule has 1 amide bonds.